The van der Waals surface area contributed by atoms with Gasteiger partial charge in [0, 0.05) is 14.1 Å². The van der Waals surface area contributed by atoms with E-state index in [-0.39, 0.29) is 25.2 Å². The van der Waals surface area contributed by atoms with Crippen LogP contribution in [-0.2, 0) is 23.2 Å². The first kappa shape index (κ1) is 25.4. The lowest BCUT2D eigenvalue weighted by Gasteiger charge is -2.27. The van der Waals surface area contributed by atoms with E-state index in [0.29, 0.717) is 47.8 Å². The predicted molar refractivity (Wildman–Crippen MR) is 121 cm³/mol. The summed E-state index contributed by atoms with van der Waals surface area (Å²) in [5.41, 5.74) is 2.19. The third-order valence-corrected chi connectivity index (χ3v) is 6.05. The van der Waals surface area contributed by atoms with Crippen molar-refractivity contribution in [1.82, 2.24) is 24.9 Å². The molecule has 0 bridgehead atoms. The molecule has 0 spiro atoms. The Labute approximate surface area is 198 Å². The van der Waals surface area contributed by atoms with Gasteiger partial charge in [-0.1, -0.05) is 12.1 Å². The van der Waals surface area contributed by atoms with Crippen molar-refractivity contribution in [2.24, 2.45) is 13.0 Å². The van der Waals surface area contributed by atoms with Gasteiger partial charge >= 0.3 is 12.1 Å². The molecule has 2 aromatic heterocycles. The second kappa shape index (κ2) is 11.3. The minimum absolute atomic E-state index is 0.0394. The lowest BCUT2D eigenvalue weighted by Crippen LogP contribution is -2.33. The van der Waals surface area contributed by atoms with E-state index in [1.807, 2.05) is 6.92 Å². The van der Waals surface area contributed by atoms with Crippen LogP contribution < -0.4 is 4.74 Å². The Bertz CT molecular complexity index is 1010. The maximum atomic E-state index is 13.6. The van der Waals surface area contributed by atoms with Crippen LogP contribution >= 0.6 is 0 Å². The molecule has 10 nitrogen and oxygen atoms in total. The Morgan fingerprint density at radius 1 is 1.35 bits per heavy atom. The number of carboxylic acid groups (broad SMARTS) is 1. The van der Waals surface area contributed by atoms with E-state index in [1.54, 1.807) is 26.1 Å². The lowest BCUT2D eigenvalue weighted by molar-refractivity contribution is -0.143. The molecular weight excluding hydrogens is 445 g/mol. The molecule has 2 heterocycles. The zero-order valence-corrected chi connectivity index (χ0v) is 20.0. The van der Waals surface area contributed by atoms with Crippen LogP contribution in [-0.4, -0.2) is 67.9 Å². The van der Waals surface area contributed by atoms with Crippen molar-refractivity contribution in [3.8, 4) is 17.1 Å². The van der Waals surface area contributed by atoms with Crippen molar-refractivity contribution < 1.29 is 28.6 Å². The normalized spacial score (nSPS) is 18.9. The van der Waals surface area contributed by atoms with E-state index >= 15 is 0 Å². The summed E-state index contributed by atoms with van der Waals surface area (Å²) >= 11 is 0. The molecule has 186 valence electrons. The van der Waals surface area contributed by atoms with Gasteiger partial charge in [0.25, 0.3) is 0 Å². The number of carbonyl (C=O) groups is 2. The number of carbonyl (C=O) groups excluding carboxylic acids is 1. The van der Waals surface area contributed by atoms with Crippen molar-refractivity contribution >= 4 is 12.1 Å². The number of halogens is 1. The number of carboxylic acids is 1. The molecule has 1 unspecified atom stereocenters. The highest BCUT2D eigenvalue weighted by atomic mass is 19.1. The summed E-state index contributed by atoms with van der Waals surface area (Å²) in [6.45, 7) is 3.39. The molecule has 0 radical (unpaired) electrons. The predicted octanol–water partition coefficient (Wildman–Crippen LogP) is 3.52. The van der Waals surface area contributed by atoms with Gasteiger partial charge in [-0.3, -0.25) is 4.79 Å². The summed E-state index contributed by atoms with van der Waals surface area (Å²) < 4.78 is 26.5. The number of aliphatic carboxylic acids is 1. The molecule has 0 saturated heterocycles. The van der Waals surface area contributed by atoms with Crippen molar-refractivity contribution in [2.75, 3.05) is 13.6 Å². The monoisotopic (exact) mass is 477 g/mol. The van der Waals surface area contributed by atoms with Crippen LogP contribution in [0.1, 0.15) is 50.4 Å². The first-order valence-corrected chi connectivity index (χ1v) is 11.5. The van der Waals surface area contributed by atoms with Gasteiger partial charge in [-0.2, -0.15) is 0 Å². The smallest absolute Gasteiger partial charge is 0.409 e. The molecule has 1 fully saturated rings. The van der Waals surface area contributed by atoms with Gasteiger partial charge in [0.2, 0.25) is 0 Å². The quantitative estimate of drug-likeness (QED) is 0.583. The molecule has 1 N–H and O–H groups in total. The molecule has 2 aromatic rings. The van der Waals surface area contributed by atoms with Crippen LogP contribution in [0.4, 0.5) is 9.18 Å². The third kappa shape index (κ3) is 6.21. The van der Waals surface area contributed by atoms with Gasteiger partial charge < -0.3 is 19.5 Å². The van der Waals surface area contributed by atoms with E-state index in [9.17, 15) is 19.1 Å². The average molecular weight is 478 g/mol. The first-order chi connectivity index (χ1) is 16.2. The fraction of sp³-hybridized carbons (Fsp3) is 0.609. The van der Waals surface area contributed by atoms with Crippen molar-refractivity contribution in [1.29, 1.82) is 0 Å². The Morgan fingerprint density at radius 3 is 2.79 bits per heavy atom. The summed E-state index contributed by atoms with van der Waals surface area (Å²) in [4.78, 5) is 29.3. The van der Waals surface area contributed by atoms with E-state index in [2.05, 4.69) is 15.3 Å². The molecule has 34 heavy (non-hydrogen) atoms. The average Bonchev–Trinajstić information content (AvgIpc) is 3.18. The second-order valence-corrected chi connectivity index (χ2v) is 8.67. The fourth-order valence-electron chi connectivity index (χ4n) is 3.94. The van der Waals surface area contributed by atoms with Gasteiger partial charge in [-0.05, 0) is 51.2 Å². The SMILES string of the molecule is CCC(F)CN(C)C(=O)OCc1c(-c2ccc(O[C@H]3CCC[C@H](C(=O)O)C3)c(C)n2)nnn1C. The maximum Gasteiger partial charge on any atom is 0.409 e. The van der Waals surface area contributed by atoms with Crippen molar-refractivity contribution in [3.05, 3.63) is 23.5 Å². The molecule has 1 amide bonds. The first-order valence-electron chi connectivity index (χ1n) is 11.5. The van der Waals surface area contributed by atoms with Crippen LogP contribution in [0.15, 0.2) is 12.1 Å². The molecule has 3 atom stereocenters. The zero-order chi connectivity index (χ0) is 24.8. The van der Waals surface area contributed by atoms with Gasteiger partial charge in [0.05, 0.1) is 30.0 Å². The number of rotatable bonds is 9. The summed E-state index contributed by atoms with van der Waals surface area (Å²) in [6.07, 6.45) is 1.18. The molecule has 0 aliphatic heterocycles. The fourth-order valence-corrected chi connectivity index (χ4v) is 3.94. The molecule has 1 aliphatic carbocycles. The van der Waals surface area contributed by atoms with Crippen LogP contribution in [0.25, 0.3) is 11.4 Å². The van der Waals surface area contributed by atoms with Gasteiger partial charge in [0.1, 0.15) is 29.9 Å². The molecule has 11 heteroatoms. The third-order valence-electron chi connectivity index (χ3n) is 6.05. The summed E-state index contributed by atoms with van der Waals surface area (Å²) in [5, 5.41) is 17.5. The summed E-state index contributed by atoms with van der Waals surface area (Å²) in [6, 6.07) is 3.53. The van der Waals surface area contributed by atoms with Crippen LogP contribution in [0.3, 0.4) is 0 Å². The topological polar surface area (TPSA) is 120 Å². The van der Waals surface area contributed by atoms with Crippen molar-refractivity contribution in [2.45, 2.75) is 64.8 Å². The number of hydrogen-bond acceptors (Lipinski definition) is 7. The van der Waals surface area contributed by atoms with Gasteiger partial charge in [-0.25, -0.2) is 18.9 Å². The minimum atomic E-state index is -1.11. The lowest BCUT2D eigenvalue weighted by atomic mass is 9.87. The van der Waals surface area contributed by atoms with Crippen LogP contribution in [0.2, 0.25) is 0 Å². The summed E-state index contributed by atoms with van der Waals surface area (Å²) in [5.74, 6) is -0.571. The van der Waals surface area contributed by atoms with Crippen LogP contribution in [0, 0.1) is 12.8 Å². The van der Waals surface area contributed by atoms with Crippen molar-refractivity contribution in [3.63, 3.8) is 0 Å². The highest BCUT2D eigenvalue weighted by Crippen LogP contribution is 2.30. The molecule has 1 saturated carbocycles. The number of ether oxygens (including phenoxy) is 2. The maximum absolute atomic E-state index is 13.6. The molecule has 1 aliphatic rings. The van der Waals surface area contributed by atoms with E-state index in [1.165, 1.54) is 16.6 Å². The minimum Gasteiger partial charge on any atom is -0.489 e. The van der Waals surface area contributed by atoms with Crippen LogP contribution in [0.5, 0.6) is 5.75 Å². The Morgan fingerprint density at radius 2 is 2.12 bits per heavy atom. The van der Waals surface area contributed by atoms with Gasteiger partial charge in [0.15, 0.2) is 0 Å². The number of aryl methyl sites for hydroxylation is 2. The number of nitrogens with zero attached hydrogens (tertiary/aromatic N) is 5. The number of alkyl halides is 1. The zero-order valence-electron chi connectivity index (χ0n) is 20.0. The second-order valence-electron chi connectivity index (χ2n) is 8.67. The Kier molecular flexibility index (Phi) is 8.41. The largest absolute Gasteiger partial charge is 0.489 e. The molecular formula is C23H32FN5O5. The Hall–Kier alpha value is -3.24. The van der Waals surface area contributed by atoms with E-state index in [0.717, 1.165) is 12.8 Å². The van der Waals surface area contributed by atoms with Gasteiger partial charge in [-0.15, -0.1) is 5.10 Å². The highest BCUT2D eigenvalue weighted by Gasteiger charge is 2.28. The highest BCUT2D eigenvalue weighted by molar-refractivity contribution is 5.70. The standard InChI is InChI=1S/C23H32FN5O5/c1-5-16(24)12-28(3)23(32)33-13-19-21(26-27-29(19)4)18-9-10-20(14(2)25-18)34-17-8-6-7-15(11-17)22(30)31/h9-10,15-17H,5-8,11-13H2,1-4H3,(H,30,31)/t15-,16?,17-/m0/s1. The molecule has 3 rings (SSSR count). The number of pyridine rings is 1. The Balaban J connectivity index is 1.68. The number of amides is 1. The molecule has 0 aromatic carbocycles. The number of aromatic nitrogens is 4. The van der Waals surface area contributed by atoms with E-state index in [4.69, 9.17) is 9.47 Å². The van der Waals surface area contributed by atoms with E-state index < -0.39 is 18.2 Å². The summed E-state index contributed by atoms with van der Waals surface area (Å²) in [7, 11) is 3.17. The number of hydrogen-bond donors (Lipinski definition) is 1.